The van der Waals surface area contributed by atoms with Crippen molar-refractivity contribution in [3.05, 3.63) is 47.4 Å². The van der Waals surface area contributed by atoms with Gasteiger partial charge in [0.05, 0.1) is 11.4 Å². The third kappa shape index (κ3) is 6.62. The molecular formula is C26H37FN2. The summed E-state index contributed by atoms with van der Waals surface area (Å²) in [6, 6.07) is 9.55. The maximum Gasteiger partial charge on any atom is 0.127 e. The van der Waals surface area contributed by atoms with Gasteiger partial charge in [-0.3, -0.25) is 0 Å². The molecule has 29 heavy (non-hydrogen) atoms. The molecule has 1 aromatic carbocycles. The Balaban J connectivity index is 1.50. The summed E-state index contributed by atoms with van der Waals surface area (Å²) in [5.74, 6) is 1.69. The number of benzene rings is 1. The summed E-state index contributed by atoms with van der Waals surface area (Å²) >= 11 is 0. The molecule has 1 aliphatic rings. The Bertz CT molecular complexity index is 733. The molecule has 1 heterocycles. The van der Waals surface area contributed by atoms with Gasteiger partial charge in [-0.15, -0.1) is 0 Å². The lowest BCUT2D eigenvalue weighted by atomic mass is 9.78. The van der Waals surface area contributed by atoms with Crippen LogP contribution < -0.4 is 0 Å². The summed E-state index contributed by atoms with van der Waals surface area (Å²) in [5.41, 5.74) is 3.43. The van der Waals surface area contributed by atoms with Crippen molar-refractivity contribution in [2.45, 2.75) is 90.9 Å². The van der Waals surface area contributed by atoms with E-state index in [0.29, 0.717) is 0 Å². The van der Waals surface area contributed by atoms with Crippen LogP contribution >= 0.6 is 0 Å². The normalized spacial score (nSPS) is 19.4. The maximum absolute atomic E-state index is 14.4. The first kappa shape index (κ1) is 21.9. The van der Waals surface area contributed by atoms with E-state index in [2.05, 4.69) is 30.1 Å². The first-order chi connectivity index (χ1) is 14.2. The molecule has 0 radical (unpaired) electrons. The van der Waals surface area contributed by atoms with E-state index >= 15 is 0 Å². The van der Waals surface area contributed by atoms with E-state index in [4.69, 9.17) is 0 Å². The number of aryl methyl sites for hydroxylation is 2. The number of halogens is 1. The highest BCUT2D eigenvalue weighted by atomic mass is 19.1. The van der Waals surface area contributed by atoms with Crippen LogP contribution in [0, 0.1) is 17.7 Å². The largest absolute Gasteiger partial charge is 0.207 e. The second-order valence-electron chi connectivity index (χ2n) is 8.89. The van der Waals surface area contributed by atoms with Crippen molar-refractivity contribution in [2.24, 2.45) is 11.8 Å². The van der Waals surface area contributed by atoms with Gasteiger partial charge in [0.2, 0.25) is 0 Å². The van der Waals surface area contributed by atoms with Crippen molar-refractivity contribution in [2.75, 3.05) is 0 Å². The average molecular weight is 397 g/mol. The zero-order valence-electron chi connectivity index (χ0n) is 18.3. The lowest BCUT2D eigenvalue weighted by Crippen LogP contribution is -2.15. The van der Waals surface area contributed by atoms with Gasteiger partial charge in [-0.1, -0.05) is 77.3 Å². The van der Waals surface area contributed by atoms with Gasteiger partial charge in [0.25, 0.3) is 0 Å². The third-order valence-electron chi connectivity index (χ3n) is 6.59. The monoisotopic (exact) mass is 396 g/mol. The zero-order valence-corrected chi connectivity index (χ0v) is 18.3. The van der Waals surface area contributed by atoms with Crippen molar-refractivity contribution in [3.63, 3.8) is 0 Å². The van der Waals surface area contributed by atoms with Crippen LogP contribution in [-0.4, -0.2) is 10.2 Å². The molecule has 0 atom stereocenters. The Morgan fingerprint density at radius 3 is 2.21 bits per heavy atom. The highest BCUT2D eigenvalue weighted by Gasteiger charge is 2.20. The van der Waals surface area contributed by atoms with Gasteiger partial charge in [0.15, 0.2) is 0 Å². The summed E-state index contributed by atoms with van der Waals surface area (Å²) in [6.07, 6.45) is 14.7. The molecule has 0 saturated heterocycles. The van der Waals surface area contributed by atoms with E-state index in [9.17, 15) is 4.39 Å². The molecule has 1 aliphatic carbocycles. The topological polar surface area (TPSA) is 25.8 Å². The summed E-state index contributed by atoms with van der Waals surface area (Å²) in [4.78, 5) is 0. The van der Waals surface area contributed by atoms with Gasteiger partial charge >= 0.3 is 0 Å². The molecule has 1 saturated carbocycles. The fraction of sp³-hybridized carbons (Fsp3) is 0.615. The molecule has 1 fully saturated rings. The third-order valence-corrected chi connectivity index (χ3v) is 6.59. The van der Waals surface area contributed by atoms with Gasteiger partial charge in [-0.05, 0) is 61.3 Å². The Kier molecular flexibility index (Phi) is 8.64. The first-order valence-electron chi connectivity index (χ1n) is 11.8. The second kappa shape index (κ2) is 11.4. The number of hydrogen-bond acceptors (Lipinski definition) is 2. The molecule has 0 N–H and O–H groups in total. The van der Waals surface area contributed by atoms with Crippen LogP contribution in [0.1, 0.15) is 89.3 Å². The molecule has 2 nitrogen and oxygen atoms in total. The summed E-state index contributed by atoms with van der Waals surface area (Å²) in [5, 5.41) is 8.80. The Hall–Kier alpha value is -1.77. The van der Waals surface area contributed by atoms with E-state index < -0.39 is 0 Å². The molecule has 1 aromatic heterocycles. The Morgan fingerprint density at radius 1 is 0.828 bits per heavy atom. The minimum Gasteiger partial charge on any atom is -0.207 e. The minimum absolute atomic E-state index is 0.122. The smallest absolute Gasteiger partial charge is 0.127 e. The van der Waals surface area contributed by atoms with E-state index in [1.807, 2.05) is 18.2 Å². The fourth-order valence-electron chi connectivity index (χ4n) is 4.69. The van der Waals surface area contributed by atoms with Crippen molar-refractivity contribution >= 4 is 0 Å². The van der Waals surface area contributed by atoms with E-state index in [1.54, 1.807) is 6.07 Å². The van der Waals surface area contributed by atoms with Crippen molar-refractivity contribution in [3.8, 4) is 11.3 Å². The number of nitrogens with zero attached hydrogens (tertiary/aromatic N) is 2. The van der Waals surface area contributed by atoms with Gasteiger partial charge in [0, 0.05) is 5.56 Å². The quantitative estimate of drug-likeness (QED) is 0.387. The molecule has 0 aliphatic heterocycles. The minimum atomic E-state index is -0.122. The van der Waals surface area contributed by atoms with Gasteiger partial charge in [-0.2, -0.15) is 10.2 Å². The first-order valence-corrected chi connectivity index (χ1v) is 11.8. The summed E-state index contributed by atoms with van der Waals surface area (Å²) in [6.45, 7) is 4.46. The number of hydrogen-bond donors (Lipinski definition) is 0. The number of unbranched alkanes of at least 4 members (excludes halogenated alkanes) is 2. The van der Waals surface area contributed by atoms with Crippen molar-refractivity contribution in [1.29, 1.82) is 0 Å². The molecular weight excluding hydrogens is 359 g/mol. The second-order valence-corrected chi connectivity index (χ2v) is 8.89. The summed E-state index contributed by atoms with van der Waals surface area (Å²) < 4.78 is 14.4. The SMILES string of the molecule is CCCCCc1ccc(-c2ccc(CCC3CCC(CCC)CC3)nn2)cc1F. The van der Waals surface area contributed by atoms with Gasteiger partial charge < -0.3 is 0 Å². The molecule has 0 bridgehead atoms. The van der Waals surface area contributed by atoms with Crippen molar-refractivity contribution in [1.82, 2.24) is 10.2 Å². The van der Waals surface area contributed by atoms with E-state index in [0.717, 1.165) is 66.5 Å². The molecule has 2 aromatic rings. The Morgan fingerprint density at radius 2 is 1.59 bits per heavy atom. The average Bonchev–Trinajstić information content (AvgIpc) is 2.75. The van der Waals surface area contributed by atoms with Gasteiger partial charge in [0.1, 0.15) is 5.82 Å². The van der Waals surface area contributed by atoms with Crippen LogP contribution in [0.4, 0.5) is 4.39 Å². The van der Waals surface area contributed by atoms with Crippen LogP contribution in [0.2, 0.25) is 0 Å². The van der Waals surface area contributed by atoms with E-state index in [-0.39, 0.29) is 5.82 Å². The number of aromatic nitrogens is 2. The van der Waals surface area contributed by atoms with Crippen LogP contribution in [0.15, 0.2) is 30.3 Å². The predicted molar refractivity (Wildman–Crippen MR) is 119 cm³/mol. The van der Waals surface area contributed by atoms with E-state index in [1.165, 1.54) is 44.9 Å². The molecule has 0 amide bonds. The summed E-state index contributed by atoms with van der Waals surface area (Å²) in [7, 11) is 0. The molecule has 158 valence electrons. The molecule has 0 spiro atoms. The Labute approximate surface area is 176 Å². The van der Waals surface area contributed by atoms with Crippen LogP contribution in [0.25, 0.3) is 11.3 Å². The molecule has 3 heteroatoms. The predicted octanol–water partition coefficient (Wildman–Crippen LogP) is 7.55. The molecule has 0 unspecified atom stereocenters. The number of rotatable bonds is 10. The van der Waals surface area contributed by atoms with Crippen molar-refractivity contribution < 1.29 is 4.39 Å². The highest BCUT2D eigenvalue weighted by molar-refractivity contribution is 5.59. The lowest BCUT2D eigenvalue weighted by Gasteiger charge is -2.28. The molecule has 3 rings (SSSR count). The maximum atomic E-state index is 14.4. The van der Waals surface area contributed by atoms with Crippen LogP contribution in [-0.2, 0) is 12.8 Å². The van der Waals surface area contributed by atoms with Crippen LogP contribution in [0.3, 0.4) is 0 Å². The van der Waals surface area contributed by atoms with Gasteiger partial charge in [-0.25, -0.2) is 4.39 Å². The fourth-order valence-corrected chi connectivity index (χ4v) is 4.69. The lowest BCUT2D eigenvalue weighted by molar-refractivity contribution is 0.252. The highest BCUT2D eigenvalue weighted by Crippen LogP contribution is 2.33. The zero-order chi connectivity index (χ0) is 20.5. The standard InChI is InChI=1S/C26H37FN2/c1-3-5-6-8-22-14-15-23(19-25(22)27)26-18-17-24(28-29-26)16-13-21-11-9-20(7-4-2)10-12-21/h14-15,17-21H,3-13,16H2,1-2H3. The van der Waals surface area contributed by atoms with Crippen LogP contribution in [0.5, 0.6) is 0 Å².